The van der Waals surface area contributed by atoms with Crippen LogP contribution in [0.25, 0.3) is 0 Å². The second-order valence-electron chi connectivity index (χ2n) is 24.8. The van der Waals surface area contributed by atoms with Crippen molar-refractivity contribution in [2.24, 2.45) is 0 Å². The first-order valence-electron chi connectivity index (χ1n) is 25.3. The molecule has 0 bridgehead atoms. The molecule has 0 amide bonds. The van der Waals surface area contributed by atoms with Gasteiger partial charge < -0.3 is 56.9 Å². The molecule has 0 saturated heterocycles. The van der Waals surface area contributed by atoms with E-state index in [1.807, 2.05) is 72.8 Å². The second kappa shape index (κ2) is 27.2. The fraction of sp³-hybridized carbons (Fsp3) is 0.400. The van der Waals surface area contributed by atoms with Gasteiger partial charge in [-0.2, -0.15) is 0 Å². The molecule has 79 heavy (non-hydrogen) atoms. The van der Waals surface area contributed by atoms with Crippen molar-refractivity contribution in [2.75, 3.05) is 0 Å². The maximum atomic E-state index is 12.5. The van der Waals surface area contributed by atoms with E-state index in [1.165, 1.54) is 0 Å². The van der Waals surface area contributed by atoms with Crippen LogP contribution in [0.4, 0.5) is 0 Å². The normalized spacial score (nSPS) is 12.6. The summed E-state index contributed by atoms with van der Waals surface area (Å²) >= 11 is 0. The largest absolute Gasteiger partial charge is 3.00 e. The molecule has 6 aromatic carbocycles. The van der Waals surface area contributed by atoms with Gasteiger partial charge in [-0.05, 0) is 139 Å². The van der Waals surface area contributed by atoms with Gasteiger partial charge in [-0.15, -0.1) is 0 Å². The van der Waals surface area contributed by atoms with E-state index >= 15 is 0 Å². The molecule has 6 aromatic rings. The van der Waals surface area contributed by atoms with Crippen molar-refractivity contribution < 1.29 is 70.6 Å². The van der Waals surface area contributed by atoms with Crippen LogP contribution in [0.15, 0.2) is 146 Å². The Bertz CT molecular complexity index is 2450. The van der Waals surface area contributed by atoms with Crippen molar-refractivity contribution in [1.29, 1.82) is 0 Å². The van der Waals surface area contributed by atoms with Crippen LogP contribution in [0.5, 0.6) is 34.5 Å². The first kappa shape index (κ1) is 68.4. The fourth-order valence-electron chi connectivity index (χ4n) is 7.02. The van der Waals surface area contributed by atoms with Gasteiger partial charge in [0.25, 0.3) is 0 Å². The topological polar surface area (TPSA) is 203 Å². The summed E-state index contributed by atoms with van der Waals surface area (Å²) in [6.45, 7) is 37.5. The van der Waals surface area contributed by atoms with Crippen LogP contribution in [0, 0.1) is 0 Å². The van der Waals surface area contributed by atoms with Crippen LogP contribution in [0.3, 0.4) is 0 Å². The second-order valence-corrected chi connectivity index (χ2v) is 29.0. The molecule has 0 fully saturated rings. The summed E-state index contributed by atoms with van der Waals surface area (Å²) in [4.78, 5) is 0. The summed E-state index contributed by atoms with van der Waals surface area (Å²) in [6, 6.07) is 41.8. The SMILES string of the molecule is CC(C)(C)c1ccc(OP(=O)(O[O-])Oc2ccc(C(C)(C)C)cc2)cc1.CC(C)(C)c1ccc(OP(=O)(O[O-])Oc2ccc(C(C)(C)C)cc2)cc1.CC(C)(C)c1ccc(OP(=O)(O[O-])Oc2ccc(C(C)(C)C)cc2)cc1.[Al+3]. The Hall–Kier alpha value is -4.90. The van der Waals surface area contributed by atoms with Gasteiger partial charge in [0.15, 0.2) is 0 Å². The molecule has 0 radical (unpaired) electrons. The van der Waals surface area contributed by atoms with E-state index in [0.717, 1.165) is 33.4 Å². The zero-order valence-corrected chi connectivity index (χ0v) is 52.7. The maximum absolute atomic E-state index is 12.5. The molecule has 0 aromatic heterocycles. The van der Waals surface area contributed by atoms with Gasteiger partial charge in [-0.3, -0.25) is 0 Å². The molecule has 0 heterocycles. The molecular formula is C60H78AlO15P3. The number of phosphoric ester groups is 3. The van der Waals surface area contributed by atoms with Crippen molar-refractivity contribution in [1.82, 2.24) is 0 Å². The average Bonchev–Trinajstić information content (AvgIpc) is 3.33. The van der Waals surface area contributed by atoms with Crippen molar-refractivity contribution in [3.8, 4) is 34.5 Å². The van der Waals surface area contributed by atoms with Gasteiger partial charge in [0.1, 0.15) is 34.5 Å². The van der Waals surface area contributed by atoms with E-state index < -0.39 is 23.5 Å². The quantitative estimate of drug-likeness (QED) is 0.0406. The molecule has 0 aliphatic rings. The minimum atomic E-state index is -4.31. The number of hydrogen-bond acceptors (Lipinski definition) is 15. The molecule has 0 atom stereocenters. The molecule has 0 unspecified atom stereocenters. The smallest absolute Gasteiger partial charge is 0.713 e. The number of phosphoric acid groups is 3. The Morgan fingerprint density at radius 1 is 0.241 bits per heavy atom. The number of benzene rings is 6. The fourth-order valence-corrected chi connectivity index (χ4v) is 9.59. The predicted molar refractivity (Wildman–Crippen MR) is 306 cm³/mol. The van der Waals surface area contributed by atoms with E-state index in [9.17, 15) is 29.5 Å². The van der Waals surface area contributed by atoms with Gasteiger partial charge in [0.2, 0.25) is 0 Å². The van der Waals surface area contributed by atoms with Gasteiger partial charge in [0, 0.05) is 0 Å². The van der Waals surface area contributed by atoms with Crippen molar-refractivity contribution in [2.45, 2.75) is 157 Å². The summed E-state index contributed by atoms with van der Waals surface area (Å²) in [5.74, 6) is 1.44. The first-order valence-corrected chi connectivity index (χ1v) is 29.7. The standard InChI is InChI=1S/3C20H27O5P.Al/c3*1-19(2,3)15-7-11-17(12-8-15)23-26(22,25-21)24-18-13-9-16(10-14-18)20(4,5)6;/h3*7-14,21H,1-6H3;/q;;;+3/p-3. The molecular weight excluding hydrogens is 1080 g/mol. The van der Waals surface area contributed by atoms with Crippen LogP contribution in [-0.4, -0.2) is 17.4 Å². The Labute approximate surface area is 479 Å². The summed E-state index contributed by atoms with van der Waals surface area (Å²) in [7, 11) is -12.9. The Kier molecular flexibility index (Phi) is 23.6. The molecule has 19 heteroatoms. The zero-order chi connectivity index (χ0) is 58.8. The molecule has 426 valence electrons. The van der Waals surface area contributed by atoms with E-state index in [1.54, 1.807) is 72.8 Å². The minimum Gasteiger partial charge on any atom is -0.713 e. The maximum Gasteiger partial charge on any atom is 3.00 e. The summed E-state index contributed by atoms with van der Waals surface area (Å²) in [5, 5.41) is 33.0. The summed E-state index contributed by atoms with van der Waals surface area (Å²) in [6.07, 6.45) is 0. The number of hydrogen-bond donors (Lipinski definition) is 0. The monoisotopic (exact) mass is 1160 g/mol. The van der Waals surface area contributed by atoms with E-state index in [-0.39, 0.29) is 84.3 Å². The Balaban J connectivity index is 0.000000309. The predicted octanol–water partition coefficient (Wildman–Crippen LogP) is 15.0. The van der Waals surface area contributed by atoms with Crippen molar-refractivity contribution >= 4 is 40.8 Å². The van der Waals surface area contributed by atoms with E-state index in [4.69, 9.17) is 27.1 Å². The van der Waals surface area contributed by atoms with Crippen LogP contribution < -0.4 is 42.9 Å². The first-order chi connectivity index (χ1) is 35.8. The van der Waals surface area contributed by atoms with Crippen molar-refractivity contribution in [3.63, 3.8) is 0 Å². The summed E-state index contributed by atoms with van der Waals surface area (Å²) < 4.78 is 80.2. The van der Waals surface area contributed by atoms with Crippen LogP contribution in [-0.2, 0) is 60.2 Å². The van der Waals surface area contributed by atoms with Gasteiger partial charge >= 0.3 is 40.8 Å². The average molecular weight is 1160 g/mol. The molecule has 0 saturated carbocycles. The van der Waals surface area contributed by atoms with Crippen LogP contribution in [0.2, 0.25) is 0 Å². The van der Waals surface area contributed by atoms with E-state index in [0.29, 0.717) is 0 Å². The van der Waals surface area contributed by atoms with Gasteiger partial charge in [-0.25, -0.2) is 13.7 Å². The third kappa shape index (κ3) is 21.8. The minimum absolute atomic E-state index is 0. The molecule has 6 rings (SSSR count). The van der Waals surface area contributed by atoms with Gasteiger partial charge in [-0.1, -0.05) is 197 Å². The third-order valence-corrected chi connectivity index (χ3v) is 15.1. The third-order valence-electron chi connectivity index (χ3n) is 11.9. The van der Waals surface area contributed by atoms with Crippen molar-refractivity contribution in [3.05, 3.63) is 179 Å². The summed E-state index contributed by atoms with van der Waals surface area (Å²) in [5.41, 5.74) is 6.36. The Morgan fingerprint density at radius 3 is 0.418 bits per heavy atom. The molecule has 0 aliphatic heterocycles. The number of rotatable bonds is 15. The molecule has 0 N–H and O–H groups in total. The van der Waals surface area contributed by atoms with E-state index in [2.05, 4.69) is 139 Å². The van der Waals surface area contributed by atoms with Crippen LogP contribution >= 0.6 is 23.5 Å². The zero-order valence-electron chi connectivity index (χ0n) is 48.9. The Morgan fingerprint density at radius 2 is 0.342 bits per heavy atom. The van der Waals surface area contributed by atoms with Crippen LogP contribution in [0.1, 0.15) is 158 Å². The molecule has 0 spiro atoms. The molecule has 0 aliphatic carbocycles. The molecule has 15 nitrogen and oxygen atoms in total. The van der Waals surface area contributed by atoms with Gasteiger partial charge in [0.05, 0.1) is 0 Å².